The number of rotatable bonds is 7. The molecule has 1 fully saturated rings. The molecule has 0 aliphatic carbocycles. The number of aliphatic carboxylic acids is 2. The van der Waals surface area contributed by atoms with Crippen LogP contribution in [0.25, 0.3) is 0 Å². The summed E-state index contributed by atoms with van der Waals surface area (Å²) in [5, 5.41) is 15.6. The van der Waals surface area contributed by atoms with Crippen LogP contribution in [0.5, 0.6) is 11.5 Å². The molecule has 168 valence electrons. The van der Waals surface area contributed by atoms with Gasteiger partial charge in [0.1, 0.15) is 0 Å². The predicted molar refractivity (Wildman–Crippen MR) is 115 cm³/mol. The highest BCUT2D eigenvalue weighted by molar-refractivity contribution is 6.30. The lowest BCUT2D eigenvalue weighted by Gasteiger charge is -2.33. The van der Waals surface area contributed by atoms with Crippen molar-refractivity contribution in [1.29, 1.82) is 0 Å². The first-order chi connectivity index (χ1) is 14.9. The highest BCUT2D eigenvalue weighted by Crippen LogP contribution is 2.26. The van der Waals surface area contributed by atoms with E-state index in [-0.39, 0.29) is 6.10 Å². The van der Waals surface area contributed by atoms with Gasteiger partial charge in [0.25, 0.3) is 0 Å². The number of methoxy groups -OCH3 is 1. The molecule has 8 nitrogen and oxygen atoms in total. The summed E-state index contributed by atoms with van der Waals surface area (Å²) >= 11 is 5.95. The van der Waals surface area contributed by atoms with Gasteiger partial charge in [-0.2, -0.15) is 0 Å². The van der Waals surface area contributed by atoms with Crippen LogP contribution in [-0.2, 0) is 20.9 Å². The van der Waals surface area contributed by atoms with Gasteiger partial charge in [-0.3, -0.25) is 4.90 Å². The van der Waals surface area contributed by atoms with Crippen molar-refractivity contribution in [3.63, 3.8) is 0 Å². The van der Waals surface area contributed by atoms with Gasteiger partial charge in [-0.15, -0.1) is 0 Å². The van der Waals surface area contributed by atoms with Crippen molar-refractivity contribution in [3.05, 3.63) is 59.1 Å². The van der Waals surface area contributed by atoms with E-state index in [1.807, 2.05) is 36.4 Å². The summed E-state index contributed by atoms with van der Waals surface area (Å²) in [6.07, 6.45) is 1.05. The third-order valence-electron chi connectivity index (χ3n) is 4.49. The van der Waals surface area contributed by atoms with Crippen LogP contribution in [0, 0.1) is 0 Å². The predicted octanol–water partition coefficient (Wildman–Crippen LogP) is 3.17. The van der Waals surface area contributed by atoms with Crippen molar-refractivity contribution in [2.24, 2.45) is 0 Å². The number of nitrogens with zero attached hydrogens (tertiary/aromatic N) is 1. The van der Waals surface area contributed by atoms with E-state index in [1.54, 1.807) is 7.11 Å². The molecule has 3 rings (SSSR count). The fourth-order valence-corrected chi connectivity index (χ4v) is 3.11. The van der Waals surface area contributed by atoms with Gasteiger partial charge >= 0.3 is 11.9 Å². The van der Waals surface area contributed by atoms with Crippen molar-refractivity contribution in [2.75, 3.05) is 33.4 Å². The topological polar surface area (TPSA) is 106 Å². The number of ether oxygens (including phenoxy) is 3. The van der Waals surface area contributed by atoms with Gasteiger partial charge in [0.15, 0.2) is 11.5 Å². The second-order valence-electron chi connectivity index (χ2n) is 6.75. The molecule has 2 aromatic carbocycles. The summed E-state index contributed by atoms with van der Waals surface area (Å²) in [4.78, 5) is 20.6. The fraction of sp³-hybridized carbons (Fsp3) is 0.364. The van der Waals surface area contributed by atoms with Crippen molar-refractivity contribution >= 4 is 23.5 Å². The molecule has 0 spiro atoms. The second-order valence-corrected chi connectivity index (χ2v) is 7.19. The maximum Gasteiger partial charge on any atom is 0.414 e. The Hall–Kier alpha value is -2.81. The lowest BCUT2D eigenvalue weighted by molar-refractivity contribution is -0.159. The minimum atomic E-state index is -1.82. The average molecular weight is 452 g/mol. The molecule has 0 amide bonds. The van der Waals surface area contributed by atoms with Crippen LogP contribution in [-0.4, -0.2) is 66.6 Å². The zero-order chi connectivity index (χ0) is 22.6. The average Bonchev–Trinajstić information content (AvgIpc) is 2.76. The first-order valence-electron chi connectivity index (χ1n) is 9.69. The molecule has 1 unspecified atom stereocenters. The lowest BCUT2D eigenvalue weighted by Crippen LogP contribution is -2.42. The first-order valence-corrected chi connectivity index (χ1v) is 10.1. The Morgan fingerprint density at radius 3 is 2.35 bits per heavy atom. The third-order valence-corrected chi connectivity index (χ3v) is 4.74. The molecule has 0 bridgehead atoms. The van der Waals surface area contributed by atoms with E-state index in [9.17, 15) is 0 Å². The number of morpholine rings is 1. The minimum Gasteiger partial charge on any atom is -0.493 e. The van der Waals surface area contributed by atoms with Crippen LogP contribution in [0.4, 0.5) is 0 Å². The summed E-state index contributed by atoms with van der Waals surface area (Å²) < 4.78 is 17.1. The van der Waals surface area contributed by atoms with E-state index < -0.39 is 11.9 Å². The van der Waals surface area contributed by atoms with Gasteiger partial charge < -0.3 is 24.4 Å². The van der Waals surface area contributed by atoms with Gasteiger partial charge in [-0.25, -0.2) is 9.59 Å². The van der Waals surface area contributed by atoms with Gasteiger partial charge in [-0.05, 0) is 29.8 Å². The molecule has 0 radical (unpaired) electrons. The molecule has 1 atom stereocenters. The number of carbonyl (C=O) groups is 2. The van der Waals surface area contributed by atoms with Crippen LogP contribution in [0.1, 0.15) is 12.0 Å². The van der Waals surface area contributed by atoms with Crippen molar-refractivity contribution < 1.29 is 34.0 Å². The Morgan fingerprint density at radius 2 is 1.74 bits per heavy atom. The van der Waals surface area contributed by atoms with Crippen LogP contribution in [0.3, 0.4) is 0 Å². The SMILES string of the molecule is COc1ccccc1OCCC1CN(Cc2ccc(Cl)cc2)CCO1.O=C(O)C(=O)O. The van der Waals surface area contributed by atoms with Crippen LogP contribution in [0.15, 0.2) is 48.5 Å². The second kappa shape index (κ2) is 12.8. The van der Waals surface area contributed by atoms with Crippen molar-refractivity contribution in [1.82, 2.24) is 4.90 Å². The molecule has 1 aliphatic heterocycles. The van der Waals surface area contributed by atoms with E-state index >= 15 is 0 Å². The number of hydrogen-bond donors (Lipinski definition) is 2. The van der Waals surface area contributed by atoms with E-state index in [2.05, 4.69) is 17.0 Å². The molecular weight excluding hydrogens is 426 g/mol. The molecule has 31 heavy (non-hydrogen) atoms. The quantitative estimate of drug-likeness (QED) is 0.618. The Morgan fingerprint density at radius 1 is 1.10 bits per heavy atom. The van der Waals surface area contributed by atoms with E-state index in [1.165, 1.54) is 5.56 Å². The molecule has 0 saturated carbocycles. The first kappa shape index (κ1) is 24.5. The standard InChI is InChI=1S/C20H24ClNO3.C2H2O4/c1-23-19-4-2-3-5-20(19)25-12-10-18-15-22(11-13-24-18)14-16-6-8-17(21)9-7-16;3-1(4)2(5)6/h2-9,18H,10-15H2,1H3;(H,3,4)(H,5,6). The summed E-state index contributed by atoms with van der Waals surface area (Å²) in [6.45, 7) is 4.15. The number of carboxylic acids is 2. The van der Waals surface area contributed by atoms with Gasteiger partial charge in [0.05, 0.1) is 26.4 Å². The van der Waals surface area contributed by atoms with Crippen LogP contribution >= 0.6 is 11.6 Å². The number of carboxylic acid groups (broad SMARTS) is 2. The summed E-state index contributed by atoms with van der Waals surface area (Å²) in [5.41, 5.74) is 1.27. The molecule has 2 N–H and O–H groups in total. The normalized spacial score (nSPS) is 16.0. The number of para-hydroxylation sites is 2. The van der Waals surface area contributed by atoms with Crippen LogP contribution < -0.4 is 9.47 Å². The largest absolute Gasteiger partial charge is 0.493 e. The van der Waals surface area contributed by atoms with Crippen molar-refractivity contribution in [3.8, 4) is 11.5 Å². The van der Waals surface area contributed by atoms with Crippen LogP contribution in [0.2, 0.25) is 5.02 Å². The highest BCUT2D eigenvalue weighted by atomic mass is 35.5. The maximum absolute atomic E-state index is 9.10. The van der Waals surface area contributed by atoms with E-state index in [0.29, 0.717) is 6.61 Å². The molecule has 1 aliphatic rings. The zero-order valence-corrected chi connectivity index (χ0v) is 18.0. The summed E-state index contributed by atoms with van der Waals surface area (Å²) in [7, 11) is 1.65. The summed E-state index contributed by atoms with van der Waals surface area (Å²) in [5.74, 6) is -2.11. The Balaban J connectivity index is 0.000000501. The molecule has 2 aromatic rings. The Kier molecular flexibility index (Phi) is 10.1. The minimum absolute atomic E-state index is 0.191. The van der Waals surface area contributed by atoms with Gasteiger partial charge in [-0.1, -0.05) is 35.9 Å². The Labute approximate surface area is 185 Å². The Bertz CT molecular complexity index is 832. The zero-order valence-electron chi connectivity index (χ0n) is 17.2. The molecule has 0 aromatic heterocycles. The van der Waals surface area contributed by atoms with E-state index in [0.717, 1.165) is 49.2 Å². The fourth-order valence-electron chi connectivity index (χ4n) is 2.99. The molecule has 1 heterocycles. The smallest absolute Gasteiger partial charge is 0.414 e. The monoisotopic (exact) mass is 451 g/mol. The molecule has 1 saturated heterocycles. The maximum atomic E-state index is 9.10. The number of benzene rings is 2. The number of hydrogen-bond acceptors (Lipinski definition) is 6. The van der Waals surface area contributed by atoms with E-state index in [4.69, 9.17) is 45.6 Å². The lowest BCUT2D eigenvalue weighted by atomic mass is 10.1. The molecule has 9 heteroatoms. The number of halogens is 1. The van der Waals surface area contributed by atoms with Gasteiger partial charge in [0, 0.05) is 31.1 Å². The summed E-state index contributed by atoms with van der Waals surface area (Å²) in [6, 6.07) is 15.8. The van der Waals surface area contributed by atoms with Gasteiger partial charge in [0.2, 0.25) is 0 Å². The molecular formula is C22H26ClNO7. The van der Waals surface area contributed by atoms with Crippen molar-refractivity contribution in [2.45, 2.75) is 19.1 Å². The third kappa shape index (κ3) is 8.84. The highest BCUT2D eigenvalue weighted by Gasteiger charge is 2.20.